The number of pyridine rings is 1. The molecule has 2 saturated heterocycles. The molecule has 10 heteroatoms. The van der Waals surface area contributed by atoms with E-state index in [4.69, 9.17) is 24.3 Å². The van der Waals surface area contributed by atoms with Gasteiger partial charge in [-0.25, -0.2) is 4.79 Å². The van der Waals surface area contributed by atoms with Gasteiger partial charge in [-0.3, -0.25) is 9.58 Å². The molecular formula is C45H54N6O4. The van der Waals surface area contributed by atoms with Gasteiger partial charge in [0.2, 0.25) is 11.8 Å². The first-order valence-electron chi connectivity index (χ1n) is 19.9. The smallest absolute Gasteiger partial charge is 0.410 e. The number of aryl methyl sites for hydroxylation is 1. The van der Waals surface area contributed by atoms with Crippen LogP contribution in [0.2, 0.25) is 0 Å². The number of hydrogen-bond donors (Lipinski definition) is 0. The fourth-order valence-corrected chi connectivity index (χ4v) is 8.55. The summed E-state index contributed by atoms with van der Waals surface area (Å²) >= 11 is 0. The number of anilines is 1. The van der Waals surface area contributed by atoms with E-state index in [1.807, 2.05) is 98.1 Å². The second-order valence-corrected chi connectivity index (χ2v) is 16.8. The SMILES string of the molecule is Cn1nc(-c2ccc(OCc3ccccc3)nc2OCc2ccccc2)c2cccc(N3CC4(CCC(CN5CCN(C(=O)OC(C)(C)C)CC5)CC4)C3)c21. The molecular weight excluding hydrogens is 689 g/mol. The first kappa shape index (κ1) is 36.9. The third-order valence-electron chi connectivity index (χ3n) is 11.5. The molecule has 5 aromatic rings. The number of carbonyl (C=O) groups is 1. The minimum atomic E-state index is -0.456. The molecule has 2 aromatic heterocycles. The first-order valence-corrected chi connectivity index (χ1v) is 19.9. The summed E-state index contributed by atoms with van der Waals surface area (Å²) in [6, 6.07) is 30.8. The fraction of sp³-hybridized carbons (Fsp3) is 0.444. The van der Waals surface area contributed by atoms with Gasteiger partial charge in [0.1, 0.15) is 24.5 Å². The summed E-state index contributed by atoms with van der Waals surface area (Å²) in [5.41, 5.74) is 6.13. The molecule has 1 amide bonds. The summed E-state index contributed by atoms with van der Waals surface area (Å²) in [5.74, 6) is 1.74. The van der Waals surface area contributed by atoms with Gasteiger partial charge in [-0.2, -0.15) is 10.1 Å². The van der Waals surface area contributed by atoms with Crippen LogP contribution in [0, 0.1) is 11.3 Å². The number of amides is 1. The van der Waals surface area contributed by atoms with Crippen molar-refractivity contribution in [2.45, 2.75) is 65.3 Å². The molecule has 1 saturated carbocycles. The van der Waals surface area contributed by atoms with E-state index in [2.05, 4.69) is 40.1 Å². The Morgan fingerprint density at radius 3 is 2.11 bits per heavy atom. The number of piperazine rings is 1. The van der Waals surface area contributed by atoms with Gasteiger partial charge in [-0.1, -0.05) is 72.8 Å². The molecule has 0 atom stereocenters. The number of rotatable bonds is 10. The van der Waals surface area contributed by atoms with Crippen LogP contribution < -0.4 is 14.4 Å². The molecule has 2 aliphatic heterocycles. The number of ether oxygens (including phenoxy) is 3. The van der Waals surface area contributed by atoms with Crippen LogP contribution >= 0.6 is 0 Å². The number of para-hydroxylation sites is 1. The van der Waals surface area contributed by atoms with Crippen LogP contribution in [0.5, 0.6) is 11.8 Å². The van der Waals surface area contributed by atoms with Crippen molar-refractivity contribution in [1.82, 2.24) is 24.6 Å². The summed E-state index contributed by atoms with van der Waals surface area (Å²) in [5, 5.41) is 6.18. The summed E-state index contributed by atoms with van der Waals surface area (Å²) in [6.07, 6.45) is 4.89. The quantitative estimate of drug-likeness (QED) is 0.141. The van der Waals surface area contributed by atoms with Gasteiger partial charge in [0.15, 0.2) is 0 Å². The Kier molecular flexibility index (Phi) is 10.4. The van der Waals surface area contributed by atoms with Gasteiger partial charge in [-0.15, -0.1) is 0 Å². The summed E-state index contributed by atoms with van der Waals surface area (Å²) in [6.45, 7) is 13.2. The van der Waals surface area contributed by atoms with Crippen LogP contribution in [0.4, 0.5) is 10.5 Å². The standard InChI is InChI=1S/C45H54N6O4/c1-44(2,3)55-43(52)50-26-24-49(25-27-50)28-33-20-22-45(23-21-33)31-51(32-45)38-17-11-16-36-40(47-48(4)41(36)38)37-18-19-39(53-29-34-12-7-5-8-13-34)46-42(37)54-30-35-14-9-6-10-15-35/h5-19,33H,20-32H2,1-4H3. The lowest BCUT2D eigenvalue weighted by molar-refractivity contribution is 0.0112. The Hall–Kier alpha value is -5.09. The Morgan fingerprint density at radius 1 is 0.800 bits per heavy atom. The number of fused-ring (bicyclic) bond motifs is 1. The summed E-state index contributed by atoms with van der Waals surface area (Å²) in [7, 11) is 2.04. The molecule has 0 unspecified atom stereocenters. The Labute approximate surface area is 325 Å². The van der Waals surface area contributed by atoms with Crippen molar-refractivity contribution in [1.29, 1.82) is 0 Å². The van der Waals surface area contributed by atoms with Crippen LogP contribution in [-0.2, 0) is 25.0 Å². The van der Waals surface area contributed by atoms with E-state index in [1.165, 1.54) is 31.4 Å². The van der Waals surface area contributed by atoms with Gasteiger partial charge in [-0.05, 0) is 75.6 Å². The molecule has 8 rings (SSSR count). The highest BCUT2D eigenvalue weighted by Crippen LogP contribution is 2.49. The van der Waals surface area contributed by atoms with E-state index in [0.717, 1.165) is 85.0 Å². The predicted molar refractivity (Wildman–Crippen MR) is 216 cm³/mol. The molecule has 10 nitrogen and oxygen atoms in total. The third-order valence-corrected chi connectivity index (χ3v) is 11.5. The van der Waals surface area contributed by atoms with E-state index in [0.29, 0.717) is 30.4 Å². The molecule has 288 valence electrons. The maximum Gasteiger partial charge on any atom is 0.410 e. The molecule has 0 N–H and O–H groups in total. The molecule has 1 spiro atoms. The average molecular weight is 743 g/mol. The lowest BCUT2D eigenvalue weighted by Crippen LogP contribution is -2.58. The van der Waals surface area contributed by atoms with E-state index in [9.17, 15) is 4.79 Å². The highest BCUT2D eigenvalue weighted by molar-refractivity contribution is 6.01. The van der Waals surface area contributed by atoms with E-state index < -0.39 is 5.60 Å². The normalized spacial score (nSPS) is 17.7. The van der Waals surface area contributed by atoms with Crippen molar-refractivity contribution in [3.8, 4) is 23.0 Å². The number of benzene rings is 3. The molecule has 0 radical (unpaired) electrons. The maximum atomic E-state index is 12.5. The van der Waals surface area contributed by atoms with Crippen molar-refractivity contribution in [2.75, 3.05) is 50.7 Å². The maximum absolute atomic E-state index is 12.5. The van der Waals surface area contributed by atoms with Gasteiger partial charge in [0.05, 0.1) is 16.8 Å². The molecule has 3 aromatic carbocycles. The van der Waals surface area contributed by atoms with E-state index in [-0.39, 0.29) is 6.09 Å². The number of hydrogen-bond acceptors (Lipinski definition) is 8. The minimum absolute atomic E-state index is 0.187. The molecule has 1 aliphatic carbocycles. The number of aromatic nitrogens is 3. The second kappa shape index (κ2) is 15.6. The number of carbonyl (C=O) groups excluding carboxylic acids is 1. The summed E-state index contributed by atoms with van der Waals surface area (Å²) in [4.78, 5) is 24.4. The van der Waals surface area contributed by atoms with Gasteiger partial charge in [0.25, 0.3) is 0 Å². The van der Waals surface area contributed by atoms with Crippen molar-refractivity contribution in [3.63, 3.8) is 0 Å². The fourth-order valence-electron chi connectivity index (χ4n) is 8.55. The van der Waals surface area contributed by atoms with E-state index >= 15 is 0 Å². The predicted octanol–water partition coefficient (Wildman–Crippen LogP) is 8.34. The van der Waals surface area contributed by atoms with Crippen molar-refractivity contribution in [3.05, 3.63) is 102 Å². The molecule has 4 heterocycles. The second-order valence-electron chi connectivity index (χ2n) is 16.8. The zero-order valence-electron chi connectivity index (χ0n) is 32.7. The zero-order valence-corrected chi connectivity index (χ0v) is 32.7. The first-order chi connectivity index (χ1) is 26.6. The lowest BCUT2D eigenvalue weighted by Gasteiger charge is -2.55. The molecule has 3 aliphatic rings. The molecule has 55 heavy (non-hydrogen) atoms. The van der Waals surface area contributed by atoms with Gasteiger partial charge < -0.3 is 24.0 Å². The number of nitrogens with zero attached hydrogens (tertiary/aromatic N) is 6. The Bertz CT molecular complexity index is 2070. The molecule has 0 bridgehead atoms. The Morgan fingerprint density at radius 2 is 1.45 bits per heavy atom. The van der Waals surface area contributed by atoms with E-state index in [1.54, 1.807) is 0 Å². The van der Waals surface area contributed by atoms with Gasteiger partial charge >= 0.3 is 6.09 Å². The Balaban J connectivity index is 0.927. The van der Waals surface area contributed by atoms with Crippen LogP contribution in [0.25, 0.3) is 22.2 Å². The average Bonchev–Trinajstić information content (AvgIpc) is 3.52. The van der Waals surface area contributed by atoms with Crippen LogP contribution in [0.15, 0.2) is 91.0 Å². The molecule has 3 fully saturated rings. The highest BCUT2D eigenvalue weighted by Gasteiger charge is 2.46. The van der Waals surface area contributed by atoms with Crippen LogP contribution in [0.1, 0.15) is 57.6 Å². The van der Waals surface area contributed by atoms with Crippen LogP contribution in [0.3, 0.4) is 0 Å². The monoisotopic (exact) mass is 742 g/mol. The third kappa shape index (κ3) is 8.44. The lowest BCUT2D eigenvalue weighted by atomic mass is 9.65. The van der Waals surface area contributed by atoms with Crippen LogP contribution in [-0.4, -0.2) is 82.1 Å². The van der Waals surface area contributed by atoms with Crippen molar-refractivity contribution in [2.24, 2.45) is 18.4 Å². The summed E-state index contributed by atoms with van der Waals surface area (Å²) < 4.78 is 20.2. The van der Waals surface area contributed by atoms with Gasteiger partial charge in [0, 0.05) is 69.7 Å². The highest BCUT2D eigenvalue weighted by atomic mass is 16.6. The van der Waals surface area contributed by atoms with Crippen molar-refractivity contribution >= 4 is 22.7 Å². The largest absolute Gasteiger partial charge is 0.473 e. The topological polar surface area (TPSA) is 85.2 Å². The van der Waals surface area contributed by atoms with Crippen molar-refractivity contribution < 1.29 is 19.0 Å². The zero-order chi connectivity index (χ0) is 38.0. The minimum Gasteiger partial charge on any atom is -0.473 e.